The van der Waals surface area contributed by atoms with Gasteiger partial charge in [-0.25, -0.2) is 0 Å². The average molecular weight is 522 g/mol. The summed E-state index contributed by atoms with van der Waals surface area (Å²) < 4.78 is 0. The van der Waals surface area contributed by atoms with Crippen molar-refractivity contribution in [2.24, 2.45) is 0 Å². The Bertz CT molecular complexity index is 1180. The number of halogens is 3. The van der Waals surface area contributed by atoms with Gasteiger partial charge in [0.15, 0.2) is 0 Å². The van der Waals surface area contributed by atoms with Gasteiger partial charge in [-0.3, -0.25) is 9.59 Å². The first kappa shape index (κ1) is 24.1. The summed E-state index contributed by atoms with van der Waals surface area (Å²) in [5, 5.41) is 3.60. The van der Waals surface area contributed by atoms with E-state index in [0.717, 1.165) is 24.0 Å². The van der Waals surface area contributed by atoms with E-state index in [1.54, 1.807) is 52.6 Å². The molecule has 0 saturated carbocycles. The molecular weight excluding hydrogens is 499 g/mol. The van der Waals surface area contributed by atoms with Crippen molar-refractivity contribution < 1.29 is 9.59 Å². The maximum atomic E-state index is 13.6. The number of carbonyl (C=O) groups is 2. The highest BCUT2D eigenvalue weighted by atomic mass is 35.5. The lowest BCUT2D eigenvalue weighted by Gasteiger charge is -2.38. The van der Waals surface area contributed by atoms with Crippen LogP contribution in [0.3, 0.4) is 0 Å². The van der Waals surface area contributed by atoms with Crippen molar-refractivity contribution in [3.63, 3.8) is 0 Å². The minimum Gasteiger partial charge on any atom is -0.330 e. The van der Waals surface area contributed by atoms with Crippen molar-refractivity contribution in [1.82, 2.24) is 9.80 Å². The molecule has 1 aromatic heterocycles. The summed E-state index contributed by atoms with van der Waals surface area (Å²) in [5.74, 6) is -0.325. The Kier molecular flexibility index (Phi) is 7.65. The molecule has 8 heteroatoms. The number of nitrogens with zero attached hydrogens (tertiary/aromatic N) is 2. The van der Waals surface area contributed by atoms with Crippen LogP contribution < -0.4 is 0 Å². The Morgan fingerprint density at radius 1 is 1.06 bits per heavy atom. The lowest BCUT2D eigenvalue weighted by atomic mass is 9.93. The molecule has 172 valence electrons. The molecular formula is C25H23Cl3N2O2S. The summed E-state index contributed by atoms with van der Waals surface area (Å²) in [4.78, 5) is 31.5. The molecule has 1 atom stereocenters. The van der Waals surface area contributed by atoms with Gasteiger partial charge in [-0.05, 0) is 65.7 Å². The van der Waals surface area contributed by atoms with E-state index < -0.39 is 0 Å². The summed E-state index contributed by atoms with van der Waals surface area (Å²) in [6.45, 7) is 3.00. The van der Waals surface area contributed by atoms with Crippen LogP contribution in [0.1, 0.15) is 45.7 Å². The second-order valence-electron chi connectivity index (χ2n) is 7.94. The molecule has 0 N–H and O–H groups in total. The van der Waals surface area contributed by atoms with Crippen molar-refractivity contribution >= 4 is 58.0 Å². The Morgan fingerprint density at radius 3 is 2.58 bits per heavy atom. The van der Waals surface area contributed by atoms with Crippen LogP contribution in [0.2, 0.25) is 15.1 Å². The Labute approximate surface area is 212 Å². The third kappa shape index (κ3) is 5.22. The molecule has 1 unspecified atom stereocenters. The predicted octanol–water partition coefficient (Wildman–Crippen LogP) is 6.73. The maximum absolute atomic E-state index is 13.6. The smallest absolute Gasteiger partial charge is 0.254 e. The number of rotatable bonds is 6. The maximum Gasteiger partial charge on any atom is 0.254 e. The van der Waals surface area contributed by atoms with E-state index in [-0.39, 0.29) is 24.4 Å². The SMILES string of the molecule is CCCN(CC(=O)N1CCc2sccc2C1c1ccc(Cl)cc1Cl)C(=O)c1cccc(Cl)c1. The predicted molar refractivity (Wildman–Crippen MR) is 136 cm³/mol. The third-order valence-electron chi connectivity index (χ3n) is 5.72. The monoisotopic (exact) mass is 520 g/mol. The van der Waals surface area contributed by atoms with Gasteiger partial charge in [-0.1, -0.05) is 53.9 Å². The standard InChI is InChI=1S/C25H23Cl3N2O2S/c1-2-10-29(25(32)16-4-3-5-17(26)13-16)15-23(31)30-11-8-22-20(9-12-33-22)24(30)19-7-6-18(27)14-21(19)28/h3-7,9,12-14,24H,2,8,10-11,15H2,1H3. The second-order valence-corrected chi connectivity index (χ2v) is 10.2. The lowest BCUT2D eigenvalue weighted by molar-refractivity contribution is -0.134. The first-order valence-corrected chi connectivity index (χ1v) is 12.8. The second kappa shape index (κ2) is 10.5. The molecule has 4 nitrogen and oxygen atoms in total. The van der Waals surface area contributed by atoms with Crippen molar-refractivity contribution in [2.45, 2.75) is 25.8 Å². The summed E-state index contributed by atoms with van der Waals surface area (Å²) in [6, 6.07) is 13.9. The Morgan fingerprint density at radius 2 is 1.85 bits per heavy atom. The fraction of sp³-hybridized carbons (Fsp3) is 0.280. The van der Waals surface area contributed by atoms with Gasteiger partial charge in [-0.15, -0.1) is 11.3 Å². The molecule has 0 fully saturated rings. The van der Waals surface area contributed by atoms with Gasteiger partial charge in [-0.2, -0.15) is 0 Å². The van der Waals surface area contributed by atoms with Crippen LogP contribution in [0.15, 0.2) is 53.9 Å². The van der Waals surface area contributed by atoms with Gasteiger partial charge in [0.05, 0.1) is 6.04 Å². The zero-order chi connectivity index (χ0) is 23.5. The van der Waals surface area contributed by atoms with E-state index in [1.165, 1.54) is 4.88 Å². The number of hydrogen-bond donors (Lipinski definition) is 0. The molecule has 0 aliphatic carbocycles. The summed E-state index contributed by atoms with van der Waals surface area (Å²) in [7, 11) is 0. The normalized spacial score (nSPS) is 15.3. The number of amides is 2. The van der Waals surface area contributed by atoms with Crippen LogP contribution in [0.25, 0.3) is 0 Å². The largest absolute Gasteiger partial charge is 0.330 e. The number of hydrogen-bond acceptors (Lipinski definition) is 3. The molecule has 0 saturated heterocycles. The van der Waals surface area contributed by atoms with Crippen LogP contribution >= 0.6 is 46.1 Å². The summed E-state index contributed by atoms with van der Waals surface area (Å²) in [6.07, 6.45) is 1.51. The van der Waals surface area contributed by atoms with E-state index in [0.29, 0.717) is 33.7 Å². The molecule has 2 amide bonds. The Hall–Kier alpha value is -2.05. The molecule has 2 aromatic carbocycles. The molecule has 1 aliphatic heterocycles. The minimum atomic E-state index is -0.318. The van der Waals surface area contributed by atoms with E-state index in [1.807, 2.05) is 23.3 Å². The first-order valence-electron chi connectivity index (χ1n) is 10.7. The van der Waals surface area contributed by atoms with Gasteiger partial charge >= 0.3 is 0 Å². The summed E-state index contributed by atoms with van der Waals surface area (Å²) >= 11 is 20.5. The highest BCUT2D eigenvalue weighted by Gasteiger charge is 2.35. The molecule has 0 radical (unpaired) electrons. The van der Waals surface area contributed by atoms with Gasteiger partial charge in [0.1, 0.15) is 6.54 Å². The van der Waals surface area contributed by atoms with Crippen LogP contribution in [0.5, 0.6) is 0 Å². The van der Waals surface area contributed by atoms with E-state index >= 15 is 0 Å². The topological polar surface area (TPSA) is 40.6 Å². The summed E-state index contributed by atoms with van der Waals surface area (Å²) in [5.41, 5.74) is 2.38. The highest BCUT2D eigenvalue weighted by Crippen LogP contribution is 2.41. The van der Waals surface area contributed by atoms with Crippen molar-refractivity contribution in [3.8, 4) is 0 Å². The van der Waals surface area contributed by atoms with Crippen molar-refractivity contribution in [3.05, 3.63) is 90.5 Å². The minimum absolute atomic E-state index is 0.0135. The Balaban J connectivity index is 1.64. The van der Waals surface area contributed by atoms with Crippen LogP contribution in [0, 0.1) is 0 Å². The average Bonchev–Trinajstić information content (AvgIpc) is 3.27. The van der Waals surface area contributed by atoms with Gasteiger partial charge < -0.3 is 9.80 Å². The first-order chi connectivity index (χ1) is 15.9. The van der Waals surface area contributed by atoms with Crippen molar-refractivity contribution in [1.29, 1.82) is 0 Å². The molecule has 3 aromatic rings. The van der Waals surface area contributed by atoms with Crippen LogP contribution in [-0.2, 0) is 11.2 Å². The van der Waals surface area contributed by atoms with Crippen LogP contribution in [-0.4, -0.2) is 41.2 Å². The number of benzene rings is 2. The van der Waals surface area contributed by atoms with Crippen molar-refractivity contribution in [2.75, 3.05) is 19.6 Å². The number of thiophene rings is 1. The highest BCUT2D eigenvalue weighted by molar-refractivity contribution is 7.10. The zero-order valence-corrected chi connectivity index (χ0v) is 21.1. The molecule has 2 heterocycles. The van der Waals surface area contributed by atoms with Gasteiger partial charge in [0, 0.05) is 38.6 Å². The molecule has 4 rings (SSSR count). The van der Waals surface area contributed by atoms with E-state index in [9.17, 15) is 9.59 Å². The fourth-order valence-corrected chi connectivity index (χ4v) is 5.83. The van der Waals surface area contributed by atoms with E-state index in [2.05, 4.69) is 6.07 Å². The zero-order valence-electron chi connectivity index (χ0n) is 18.1. The quantitative estimate of drug-likeness (QED) is 0.361. The van der Waals surface area contributed by atoms with E-state index in [4.69, 9.17) is 34.8 Å². The number of fused-ring (bicyclic) bond motifs is 1. The fourth-order valence-electron chi connectivity index (χ4n) is 4.22. The van der Waals surface area contributed by atoms with Crippen LogP contribution in [0.4, 0.5) is 0 Å². The molecule has 33 heavy (non-hydrogen) atoms. The molecule has 1 aliphatic rings. The molecule has 0 bridgehead atoms. The lowest BCUT2D eigenvalue weighted by Crippen LogP contribution is -2.47. The molecule has 0 spiro atoms. The van der Waals surface area contributed by atoms with Gasteiger partial charge in [0.25, 0.3) is 5.91 Å². The van der Waals surface area contributed by atoms with Gasteiger partial charge in [0.2, 0.25) is 5.91 Å². The number of carbonyl (C=O) groups excluding carboxylic acids is 2. The third-order valence-corrected chi connectivity index (χ3v) is 7.52.